The zero-order chi connectivity index (χ0) is 13.2. The third-order valence-corrected chi connectivity index (χ3v) is 3.56. The highest BCUT2D eigenvalue weighted by atomic mass is 16.5. The molecule has 0 saturated carbocycles. The van der Waals surface area contributed by atoms with E-state index in [1.54, 1.807) is 0 Å². The molecule has 100 valence electrons. The summed E-state index contributed by atoms with van der Waals surface area (Å²) in [4.78, 5) is 2.33. The standard InChI is InChI=1S/C15H19N3O/c1-3-19-12-6-4-11(5-7-12)15-13-10-18(2)9-8-14(13)16-17-15/h4-7H,3,8-10H2,1-2H3,(H,16,17). The van der Waals surface area contributed by atoms with E-state index >= 15 is 0 Å². The number of fused-ring (bicyclic) bond motifs is 1. The molecule has 1 aromatic heterocycles. The summed E-state index contributed by atoms with van der Waals surface area (Å²) in [5.74, 6) is 0.910. The quantitative estimate of drug-likeness (QED) is 0.918. The van der Waals surface area contributed by atoms with Gasteiger partial charge in [-0.1, -0.05) is 0 Å². The second-order valence-corrected chi connectivity index (χ2v) is 4.97. The Labute approximate surface area is 113 Å². The summed E-state index contributed by atoms with van der Waals surface area (Å²) < 4.78 is 5.47. The number of hydrogen-bond acceptors (Lipinski definition) is 3. The molecule has 0 atom stereocenters. The Bertz CT molecular complexity index is 559. The lowest BCUT2D eigenvalue weighted by molar-refractivity contribution is 0.312. The lowest BCUT2D eigenvalue weighted by Gasteiger charge is -2.22. The van der Waals surface area contributed by atoms with Crippen molar-refractivity contribution in [2.75, 3.05) is 20.2 Å². The first-order valence-electron chi connectivity index (χ1n) is 6.76. The van der Waals surface area contributed by atoms with Gasteiger partial charge in [0.2, 0.25) is 0 Å². The first-order chi connectivity index (χ1) is 9.28. The van der Waals surface area contributed by atoms with Gasteiger partial charge in [0.05, 0.1) is 12.3 Å². The molecule has 0 spiro atoms. The van der Waals surface area contributed by atoms with Crippen molar-refractivity contribution in [1.82, 2.24) is 15.1 Å². The summed E-state index contributed by atoms with van der Waals surface area (Å²) in [5.41, 5.74) is 4.83. The summed E-state index contributed by atoms with van der Waals surface area (Å²) in [6.45, 7) is 4.75. The molecular formula is C15H19N3O. The molecule has 1 aliphatic rings. The van der Waals surface area contributed by atoms with Crippen LogP contribution in [0.15, 0.2) is 24.3 Å². The summed E-state index contributed by atoms with van der Waals surface area (Å²) in [7, 11) is 2.15. The number of aromatic nitrogens is 2. The number of rotatable bonds is 3. The highest BCUT2D eigenvalue weighted by Gasteiger charge is 2.20. The van der Waals surface area contributed by atoms with E-state index in [0.29, 0.717) is 6.61 Å². The van der Waals surface area contributed by atoms with E-state index < -0.39 is 0 Å². The number of hydrogen-bond donors (Lipinski definition) is 1. The average Bonchev–Trinajstić information content (AvgIpc) is 2.83. The summed E-state index contributed by atoms with van der Waals surface area (Å²) in [6, 6.07) is 8.17. The summed E-state index contributed by atoms with van der Waals surface area (Å²) >= 11 is 0. The number of likely N-dealkylation sites (N-methyl/N-ethyl adjacent to an activating group) is 1. The molecule has 0 amide bonds. The minimum atomic E-state index is 0.696. The number of ether oxygens (including phenoxy) is 1. The highest BCUT2D eigenvalue weighted by Crippen LogP contribution is 2.28. The van der Waals surface area contributed by atoms with Crippen LogP contribution in [0.3, 0.4) is 0 Å². The Morgan fingerprint density at radius 3 is 2.84 bits per heavy atom. The number of nitrogens with one attached hydrogen (secondary N) is 1. The van der Waals surface area contributed by atoms with Crippen molar-refractivity contribution in [2.24, 2.45) is 0 Å². The summed E-state index contributed by atoms with van der Waals surface area (Å²) in [6.07, 6.45) is 1.05. The third kappa shape index (κ3) is 2.36. The van der Waals surface area contributed by atoms with Gasteiger partial charge in [0.25, 0.3) is 0 Å². The minimum absolute atomic E-state index is 0.696. The van der Waals surface area contributed by atoms with E-state index in [1.165, 1.54) is 11.3 Å². The smallest absolute Gasteiger partial charge is 0.119 e. The van der Waals surface area contributed by atoms with E-state index in [-0.39, 0.29) is 0 Å². The minimum Gasteiger partial charge on any atom is -0.494 e. The van der Waals surface area contributed by atoms with Gasteiger partial charge in [0, 0.05) is 36.3 Å². The Hall–Kier alpha value is -1.81. The second-order valence-electron chi connectivity index (χ2n) is 4.97. The highest BCUT2D eigenvalue weighted by molar-refractivity contribution is 5.65. The molecule has 2 aromatic rings. The largest absolute Gasteiger partial charge is 0.494 e. The van der Waals surface area contributed by atoms with Crippen molar-refractivity contribution >= 4 is 0 Å². The van der Waals surface area contributed by atoms with Crippen LogP contribution in [0.2, 0.25) is 0 Å². The number of aromatic amines is 1. The van der Waals surface area contributed by atoms with Crippen molar-refractivity contribution in [3.63, 3.8) is 0 Å². The van der Waals surface area contributed by atoms with Gasteiger partial charge in [-0.25, -0.2) is 0 Å². The SMILES string of the molecule is CCOc1ccc(-c2n[nH]c3c2CN(C)CC3)cc1. The van der Waals surface area contributed by atoms with Crippen LogP contribution in [0.4, 0.5) is 0 Å². The number of H-pyrrole nitrogens is 1. The second kappa shape index (κ2) is 5.05. The van der Waals surface area contributed by atoms with Crippen molar-refractivity contribution in [1.29, 1.82) is 0 Å². The van der Waals surface area contributed by atoms with Gasteiger partial charge in [-0.05, 0) is 38.2 Å². The molecule has 0 saturated heterocycles. The van der Waals surface area contributed by atoms with E-state index in [9.17, 15) is 0 Å². The summed E-state index contributed by atoms with van der Waals surface area (Å²) in [5, 5.41) is 7.66. The van der Waals surface area contributed by atoms with Gasteiger partial charge in [0.15, 0.2) is 0 Å². The zero-order valence-electron chi connectivity index (χ0n) is 11.4. The van der Waals surface area contributed by atoms with Gasteiger partial charge in [-0.2, -0.15) is 5.10 Å². The van der Waals surface area contributed by atoms with Crippen molar-refractivity contribution in [3.05, 3.63) is 35.5 Å². The Kier molecular flexibility index (Phi) is 3.25. The topological polar surface area (TPSA) is 41.1 Å². The molecule has 3 rings (SSSR count). The van der Waals surface area contributed by atoms with Crippen molar-refractivity contribution in [3.8, 4) is 17.0 Å². The van der Waals surface area contributed by atoms with Crippen LogP contribution in [0, 0.1) is 0 Å². The fraction of sp³-hybridized carbons (Fsp3) is 0.400. The molecule has 4 heteroatoms. The van der Waals surface area contributed by atoms with Gasteiger partial charge >= 0.3 is 0 Å². The van der Waals surface area contributed by atoms with E-state index in [4.69, 9.17) is 4.74 Å². The van der Waals surface area contributed by atoms with Crippen LogP contribution in [-0.4, -0.2) is 35.3 Å². The molecule has 0 radical (unpaired) electrons. The van der Waals surface area contributed by atoms with Crippen LogP contribution in [0.1, 0.15) is 18.2 Å². The molecule has 1 aromatic carbocycles. The number of benzene rings is 1. The Balaban J connectivity index is 1.92. The maximum Gasteiger partial charge on any atom is 0.119 e. The third-order valence-electron chi connectivity index (χ3n) is 3.56. The van der Waals surface area contributed by atoms with Crippen molar-refractivity contribution in [2.45, 2.75) is 19.9 Å². The van der Waals surface area contributed by atoms with E-state index in [1.807, 2.05) is 19.1 Å². The normalized spacial score (nSPS) is 15.3. The molecule has 19 heavy (non-hydrogen) atoms. The van der Waals surface area contributed by atoms with Gasteiger partial charge in [-0.3, -0.25) is 5.10 Å². The molecule has 0 fully saturated rings. The Morgan fingerprint density at radius 1 is 1.32 bits per heavy atom. The Morgan fingerprint density at radius 2 is 2.11 bits per heavy atom. The van der Waals surface area contributed by atoms with Crippen LogP contribution in [0.25, 0.3) is 11.3 Å². The number of nitrogens with zero attached hydrogens (tertiary/aromatic N) is 2. The molecule has 0 unspecified atom stereocenters. The maximum atomic E-state index is 5.47. The van der Waals surface area contributed by atoms with Crippen LogP contribution >= 0.6 is 0 Å². The van der Waals surface area contributed by atoms with E-state index in [0.717, 1.165) is 36.5 Å². The van der Waals surface area contributed by atoms with Crippen LogP contribution in [0.5, 0.6) is 5.75 Å². The first kappa shape index (κ1) is 12.2. The predicted octanol–water partition coefficient (Wildman–Crippen LogP) is 2.46. The molecule has 4 nitrogen and oxygen atoms in total. The predicted molar refractivity (Wildman–Crippen MR) is 75.2 cm³/mol. The van der Waals surface area contributed by atoms with Gasteiger partial charge in [0.1, 0.15) is 5.75 Å². The molecule has 2 heterocycles. The molecule has 1 aliphatic heterocycles. The molecule has 0 bridgehead atoms. The maximum absolute atomic E-state index is 5.47. The van der Waals surface area contributed by atoms with Crippen molar-refractivity contribution < 1.29 is 4.74 Å². The van der Waals surface area contributed by atoms with Crippen LogP contribution in [-0.2, 0) is 13.0 Å². The van der Waals surface area contributed by atoms with E-state index in [2.05, 4.69) is 34.3 Å². The monoisotopic (exact) mass is 257 g/mol. The molecule has 0 aliphatic carbocycles. The van der Waals surface area contributed by atoms with Crippen LogP contribution < -0.4 is 4.74 Å². The molecular weight excluding hydrogens is 238 g/mol. The lowest BCUT2D eigenvalue weighted by atomic mass is 10.0. The molecule has 1 N–H and O–H groups in total. The van der Waals surface area contributed by atoms with Gasteiger partial charge < -0.3 is 9.64 Å². The lowest BCUT2D eigenvalue weighted by Crippen LogP contribution is -2.26. The first-order valence-corrected chi connectivity index (χ1v) is 6.76. The average molecular weight is 257 g/mol. The van der Waals surface area contributed by atoms with Gasteiger partial charge in [-0.15, -0.1) is 0 Å². The fourth-order valence-electron chi connectivity index (χ4n) is 2.54. The fourth-order valence-corrected chi connectivity index (χ4v) is 2.54. The zero-order valence-corrected chi connectivity index (χ0v) is 11.4.